The summed E-state index contributed by atoms with van der Waals surface area (Å²) in [6.07, 6.45) is 0.491. The van der Waals surface area contributed by atoms with Gasteiger partial charge in [-0.25, -0.2) is 4.98 Å². The van der Waals surface area contributed by atoms with E-state index in [9.17, 15) is 4.79 Å². The van der Waals surface area contributed by atoms with Crippen molar-refractivity contribution < 1.29 is 4.79 Å². The van der Waals surface area contributed by atoms with E-state index in [-0.39, 0.29) is 11.8 Å². The minimum atomic E-state index is 0.0734. The predicted molar refractivity (Wildman–Crippen MR) is 144 cm³/mol. The first-order valence-electron chi connectivity index (χ1n) is 12.0. The van der Waals surface area contributed by atoms with Crippen molar-refractivity contribution in [1.29, 1.82) is 0 Å². The maximum Gasteiger partial charge on any atom is 0.223 e. The van der Waals surface area contributed by atoms with E-state index in [1.54, 1.807) is 11.3 Å². The molecule has 6 heteroatoms. The molecule has 1 saturated heterocycles. The molecular weight excluding hydrogens is 474 g/mol. The van der Waals surface area contributed by atoms with Crippen molar-refractivity contribution >= 4 is 28.8 Å². The van der Waals surface area contributed by atoms with Gasteiger partial charge in [-0.2, -0.15) is 0 Å². The van der Waals surface area contributed by atoms with Crippen LogP contribution in [0.2, 0.25) is 5.02 Å². The number of benzene rings is 3. The van der Waals surface area contributed by atoms with Crippen LogP contribution >= 0.6 is 22.9 Å². The van der Waals surface area contributed by atoms with Crippen LogP contribution in [0.1, 0.15) is 29.2 Å². The van der Waals surface area contributed by atoms with Gasteiger partial charge in [0.2, 0.25) is 5.91 Å². The summed E-state index contributed by atoms with van der Waals surface area (Å²) in [5.41, 5.74) is 4.54. The Hall–Kier alpha value is -2.99. The lowest BCUT2D eigenvalue weighted by Crippen LogP contribution is -2.48. The van der Waals surface area contributed by atoms with E-state index < -0.39 is 0 Å². The van der Waals surface area contributed by atoms with Crippen LogP contribution in [0.5, 0.6) is 0 Å². The predicted octanol–water partition coefficient (Wildman–Crippen LogP) is 6.33. The van der Waals surface area contributed by atoms with Gasteiger partial charge in [0, 0.05) is 61.0 Å². The molecule has 4 aromatic rings. The topological polar surface area (TPSA) is 36.4 Å². The third-order valence-electron chi connectivity index (χ3n) is 6.54. The van der Waals surface area contributed by atoms with E-state index in [2.05, 4.69) is 34.5 Å². The fourth-order valence-electron chi connectivity index (χ4n) is 4.59. The lowest BCUT2D eigenvalue weighted by atomic mass is 9.88. The molecule has 35 heavy (non-hydrogen) atoms. The Morgan fingerprint density at radius 3 is 2.06 bits per heavy atom. The number of halogens is 1. The highest BCUT2D eigenvalue weighted by Crippen LogP contribution is 2.29. The molecular formula is C29H28ClN3OS. The highest BCUT2D eigenvalue weighted by atomic mass is 35.5. The quantitative estimate of drug-likeness (QED) is 0.297. The molecule has 178 valence electrons. The smallest absolute Gasteiger partial charge is 0.223 e. The zero-order chi connectivity index (χ0) is 24.0. The average Bonchev–Trinajstić information content (AvgIpc) is 3.37. The number of hydrogen-bond acceptors (Lipinski definition) is 4. The summed E-state index contributed by atoms with van der Waals surface area (Å²) in [7, 11) is 0. The second kappa shape index (κ2) is 11.2. The molecule has 0 unspecified atom stereocenters. The van der Waals surface area contributed by atoms with Crippen LogP contribution in [-0.4, -0.2) is 46.9 Å². The van der Waals surface area contributed by atoms with Crippen LogP contribution in [0.3, 0.4) is 0 Å². The lowest BCUT2D eigenvalue weighted by Gasteiger charge is -2.35. The summed E-state index contributed by atoms with van der Waals surface area (Å²) < 4.78 is 0. The Morgan fingerprint density at radius 2 is 1.46 bits per heavy atom. The monoisotopic (exact) mass is 501 g/mol. The molecule has 2 heterocycles. The molecule has 0 saturated carbocycles. The number of carbonyl (C=O) groups excluding carboxylic acids is 1. The van der Waals surface area contributed by atoms with E-state index >= 15 is 0 Å². The number of aromatic nitrogens is 1. The highest BCUT2D eigenvalue weighted by Gasteiger charge is 2.25. The van der Waals surface area contributed by atoms with Crippen LogP contribution in [0.25, 0.3) is 10.6 Å². The number of carbonyl (C=O) groups is 1. The molecule has 1 amide bonds. The van der Waals surface area contributed by atoms with Gasteiger partial charge in [0.15, 0.2) is 0 Å². The molecule has 0 spiro atoms. The van der Waals surface area contributed by atoms with Crippen molar-refractivity contribution in [2.75, 3.05) is 26.2 Å². The molecule has 4 nitrogen and oxygen atoms in total. The third-order valence-corrected chi connectivity index (χ3v) is 7.73. The van der Waals surface area contributed by atoms with Gasteiger partial charge in [-0.1, -0.05) is 84.4 Å². The van der Waals surface area contributed by atoms with Gasteiger partial charge >= 0.3 is 0 Å². The maximum atomic E-state index is 13.3. The second-order valence-corrected chi connectivity index (χ2v) is 10.2. The standard InChI is InChI=1S/C29H28ClN3OS/c30-25-13-11-24(12-14-25)29-31-26(21-35-29)20-32-15-17-33(18-16-32)28(34)19-27(22-7-3-1-4-8-22)23-9-5-2-6-10-23/h1-14,21,27H,15-20H2. The van der Waals surface area contributed by atoms with Gasteiger partial charge in [-0.3, -0.25) is 9.69 Å². The molecule has 0 radical (unpaired) electrons. The number of hydrogen-bond donors (Lipinski definition) is 0. The Balaban J connectivity index is 1.18. The van der Waals surface area contributed by atoms with Gasteiger partial charge in [0.05, 0.1) is 5.69 Å². The molecule has 0 bridgehead atoms. The van der Waals surface area contributed by atoms with Gasteiger partial charge in [-0.15, -0.1) is 11.3 Å². The highest BCUT2D eigenvalue weighted by molar-refractivity contribution is 7.13. The van der Waals surface area contributed by atoms with E-state index in [4.69, 9.17) is 16.6 Å². The molecule has 0 N–H and O–H groups in total. The van der Waals surface area contributed by atoms with Crippen LogP contribution in [0.4, 0.5) is 0 Å². The maximum absolute atomic E-state index is 13.3. The van der Waals surface area contributed by atoms with E-state index in [0.717, 1.165) is 54.0 Å². The van der Waals surface area contributed by atoms with Crippen LogP contribution in [-0.2, 0) is 11.3 Å². The average molecular weight is 502 g/mol. The molecule has 5 rings (SSSR count). The molecule has 0 atom stereocenters. The van der Waals surface area contributed by atoms with E-state index in [1.807, 2.05) is 65.6 Å². The normalized spacial score (nSPS) is 14.4. The Labute approximate surface area is 215 Å². The number of rotatable bonds is 7. The van der Waals surface area contributed by atoms with Gasteiger partial charge < -0.3 is 4.90 Å². The van der Waals surface area contributed by atoms with Crippen molar-refractivity contribution in [2.24, 2.45) is 0 Å². The van der Waals surface area contributed by atoms with Crippen molar-refractivity contribution in [3.8, 4) is 10.6 Å². The first-order chi connectivity index (χ1) is 17.2. The van der Waals surface area contributed by atoms with Gasteiger partial charge in [-0.05, 0) is 23.3 Å². The molecule has 1 aliphatic rings. The van der Waals surface area contributed by atoms with Gasteiger partial charge in [0.25, 0.3) is 0 Å². The van der Waals surface area contributed by atoms with E-state index in [0.29, 0.717) is 6.42 Å². The summed E-state index contributed by atoms with van der Waals surface area (Å²) in [5.74, 6) is 0.297. The zero-order valence-corrected chi connectivity index (χ0v) is 21.1. The Morgan fingerprint density at radius 1 is 0.857 bits per heavy atom. The first kappa shape index (κ1) is 23.7. The van der Waals surface area contributed by atoms with Crippen molar-refractivity contribution in [1.82, 2.24) is 14.8 Å². The Bertz CT molecular complexity index is 1200. The van der Waals surface area contributed by atoms with Crippen molar-refractivity contribution in [2.45, 2.75) is 18.9 Å². The summed E-state index contributed by atoms with van der Waals surface area (Å²) in [5, 5.41) is 3.88. The second-order valence-electron chi connectivity index (χ2n) is 8.89. The number of nitrogens with zero attached hydrogens (tertiary/aromatic N) is 3. The Kier molecular flexibility index (Phi) is 7.57. The molecule has 1 fully saturated rings. The van der Waals surface area contributed by atoms with Crippen LogP contribution in [0.15, 0.2) is 90.3 Å². The number of piperazine rings is 1. The lowest BCUT2D eigenvalue weighted by molar-refractivity contribution is -0.133. The SMILES string of the molecule is O=C(CC(c1ccccc1)c1ccccc1)N1CCN(Cc2csc(-c3ccc(Cl)cc3)n2)CC1. The summed E-state index contributed by atoms with van der Waals surface area (Å²) in [6.45, 7) is 4.04. The number of amides is 1. The number of thiazole rings is 1. The fourth-order valence-corrected chi connectivity index (χ4v) is 5.53. The first-order valence-corrected chi connectivity index (χ1v) is 13.2. The minimum absolute atomic E-state index is 0.0734. The van der Waals surface area contributed by atoms with Crippen molar-refractivity contribution in [3.05, 3.63) is 112 Å². The summed E-state index contributed by atoms with van der Waals surface area (Å²) in [6, 6.07) is 28.5. The van der Waals surface area contributed by atoms with Crippen LogP contribution in [0, 0.1) is 0 Å². The summed E-state index contributed by atoms with van der Waals surface area (Å²) in [4.78, 5) is 22.5. The molecule has 3 aromatic carbocycles. The largest absolute Gasteiger partial charge is 0.340 e. The zero-order valence-electron chi connectivity index (χ0n) is 19.5. The van der Waals surface area contributed by atoms with E-state index in [1.165, 1.54) is 11.1 Å². The van der Waals surface area contributed by atoms with Crippen LogP contribution < -0.4 is 0 Å². The summed E-state index contributed by atoms with van der Waals surface area (Å²) >= 11 is 7.67. The molecule has 1 aromatic heterocycles. The molecule has 0 aliphatic carbocycles. The van der Waals surface area contributed by atoms with Crippen molar-refractivity contribution in [3.63, 3.8) is 0 Å². The third kappa shape index (κ3) is 5.99. The molecule has 1 aliphatic heterocycles. The van der Waals surface area contributed by atoms with Gasteiger partial charge in [0.1, 0.15) is 5.01 Å². The minimum Gasteiger partial charge on any atom is -0.340 e. The fraction of sp³-hybridized carbons (Fsp3) is 0.241.